The molecular formula is C17H16B2N6. The highest BCUT2D eigenvalue weighted by Gasteiger charge is 2.47. The van der Waals surface area contributed by atoms with Crippen LogP contribution in [-0.2, 0) is 0 Å². The number of anilines is 2. The minimum absolute atomic E-state index is 0.481. The molecule has 0 bridgehead atoms. The molecule has 0 amide bonds. The first-order chi connectivity index (χ1) is 12.4. The van der Waals surface area contributed by atoms with E-state index >= 15 is 0 Å². The molecule has 2 aromatic rings. The molecular weight excluding hydrogens is 310 g/mol. The lowest BCUT2D eigenvalue weighted by Crippen LogP contribution is -2.37. The van der Waals surface area contributed by atoms with E-state index in [4.69, 9.17) is 0 Å². The molecule has 2 atom stereocenters. The monoisotopic (exact) mass is 326 g/mol. The minimum Gasteiger partial charge on any atom is -0.399 e. The van der Waals surface area contributed by atoms with Crippen LogP contribution in [0.25, 0.3) is 0 Å². The van der Waals surface area contributed by atoms with Crippen LogP contribution in [0.2, 0.25) is 0 Å². The maximum absolute atomic E-state index is 4.39. The summed E-state index contributed by atoms with van der Waals surface area (Å²) in [6.45, 7) is 0. The van der Waals surface area contributed by atoms with Crippen LogP contribution >= 0.6 is 0 Å². The van der Waals surface area contributed by atoms with E-state index in [9.17, 15) is 0 Å². The zero-order valence-electron chi connectivity index (χ0n) is 13.6. The Labute approximate surface area is 148 Å². The third-order valence-electron chi connectivity index (χ3n) is 4.63. The van der Waals surface area contributed by atoms with E-state index in [1.54, 1.807) is 0 Å². The van der Waals surface area contributed by atoms with Crippen molar-refractivity contribution in [3.8, 4) is 0 Å². The third kappa shape index (κ3) is 2.73. The lowest BCUT2D eigenvalue weighted by atomic mass is 10.1. The fourth-order valence-corrected chi connectivity index (χ4v) is 3.22. The predicted octanol–water partition coefficient (Wildman–Crippen LogP) is 1.57. The van der Waals surface area contributed by atoms with Crippen molar-refractivity contribution >= 4 is 26.7 Å². The van der Waals surface area contributed by atoms with Gasteiger partial charge in [-0.25, -0.2) is 9.97 Å². The van der Waals surface area contributed by atoms with E-state index in [0.717, 1.165) is 18.1 Å². The Morgan fingerprint density at radius 2 is 1.24 bits per heavy atom. The number of pyridine rings is 2. The Kier molecular flexibility index (Phi) is 3.40. The maximum atomic E-state index is 4.39. The lowest BCUT2D eigenvalue weighted by Gasteiger charge is -2.22. The zero-order chi connectivity index (χ0) is 16.6. The van der Waals surface area contributed by atoms with Crippen molar-refractivity contribution < 1.29 is 0 Å². The Morgan fingerprint density at radius 1 is 0.720 bits per heavy atom. The molecule has 0 saturated heterocycles. The zero-order valence-corrected chi connectivity index (χ0v) is 13.6. The van der Waals surface area contributed by atoms with Crippen LogP contribution in [0.3, 0.4) is 0 Å². The van der Waals surface area contributed by atoms with Crippen molar-refractivity contribution in [3.63, 3.8) is 0 Å². The molecule has 0 aromatic carbocycles. The van der Waals surface area contributed by atoms with Gasteiger partial charge in [0.1, 0.15) is 11.6 Å². The Bertz CT molecular complexity index is 732. The molecule has 2 unspecified atom stereocenters. The molecule has 120 valence electrons. The van der Waals surface area contributed by atoms with Crippen LogP contribution in [0.15, 0.2) is 73.6 Å². The molecule has 0 N–H and O–H groups in total. The van der Waals surface area contributed by atoms with Crippen molar-refractivity contribution in [2.45, 2.75) is 18.5 Å². The average molecular weight is 326 g/mol. The predicted molar refractivity (Wildman–Crippen MR) is 99.1 cm³/mol. The summed E-state index contributed by atoms with van der Waals surface area (Å²) in [6, 6.07) is 12.9. The average Bonchev–Trinajstić information content (AvgIpc) is 3.11. The van der Waals surface area contributed by atoms with E-state index < -0.39 is 0 Å². The lowest BCUT2D eigenvalue weighted by molar-refractivity contribution is 0.488. The maximum Gasteiger partial charge on any atom is 0.397 e. The van der Waals surface area contributed by atoms with Crippen LogP contribution in [-0.4, -0.2) is 46.8 Å². The molecule has 1 aliphatic carbocycles. The van der Waals surface area contributed by atoms with Crippen molar-refractivity contribution in [1.82, 2.24) is 19.6 Å². The normalized spacial score (nSPS) is 23.8. The highest BCUT2D eigenvalue weighted by Crippen LogP contribution is 2.36. The molecule has 2 aliphatic heterocycles. The van der Waals surface area contributed by atoms with E-state index in [2.05, 4.69) is 69.1 Å². The first-order valence-electron chi connectivity index (χ1n) is 8.39. The molecule has 25 heavy (non-hydrogen) atoms. The Hall–Kier alpha value is -2.89. The summed E-state index contributed by atoms with van der Waals surface area (Å²) in [4.78, 5) is 17.4. The molecule has 2 radical (unpaired) electrons. The second-order valence-electron chi connectivity index (χ2n) is 6.28. The fourth-order valence-electron chi connectivity index (χ4n) is 3.22. The molecule has 2 aromatic heterocycles. The topological polar surface area (TPSA) is 38.7 Å². The van der Waals surface area contributed by atoms with E-state index in [-0.39, 0.29) is 0 Å². The van der Waals surface area contributed by atoms with Crippen LogP contribution in [0.1, 0.15) is 6.42 Å². The second-order valence-corrected chi connectivity index (χ2v) is 6.28. The molecule has 4 heterocycles. The smallest absolute Gasteiger partial charge is 0.397 e. The highest BCUT2D eigenvalue weighted by atomic mass is 15.3. The van der Waals surface area contributed by atoms with Gasteiger partial charge in [0.15, 0.2) is 0 Å². The molecule has 8 heteroatoms. The van der Waals surface area contributed by atoms with Gasteiger partial charge in [-0.15, -0.1) is 0 Å². The van der Waals surface area contributed by atoms with Gasteiger partial charge in [-0.1, -0.05) is 12.1 Å². The number of aromatic nitrogens is 2. The van der Waals surface area contributed by atoms with Gasteiger partial charge < -0.3 is 19.2 Å². The van der Waals surface area contributed by atoms with Gasteiger partial charge in [0.25, 0.3) is 0 Å². The summed E-state index contributed by atoms with van der Waals surface area (Å²) >= 11 is 0. The van der Waals surface area contributed by atoms with Crippen LogP contribution in [0.4, 0.5) is 11.6 Å². The summed E-state index contributed by atoms with van der Waals surface area (Å²) in [7, 11) is 4.23. The summed E-state index contributed by atoms with van der Waals surface area (Å²) in [5.41, 5.74) is 0. The van der Waals surface area contributed by atoms with Crippen LogP contribution < -0.4 is 9.62 Å². The van der Waals surface area contributed by atoms with E-state index in [1.807, 2.05) is 48.8 Å². The second kappa shape index (κ2) is 5.88. The first kappa shape index (κ1) is 14.5. The van der Waals surface area contributed by atoms with Crippen molar-refractivity contribution in [1.29, 1.82) is 0 Å². The van der Waals surface area contributed by atoms with Gasteiger partial charge in [-0.05, 0) is 30.7 Å². The molecule has 1 fully saturated rings. The number of hydrogen-bond acceptors (Lipinski definition) is 6. The Morgan fingerprint density at radius 3 is 1.68 bits per heavy atom. The van der Waals surface area contributed by atoms with Crippen LogP contribution in [0.5, 0.6) is 0 Å². The highest BCUT2D eigenvalue weighted by molar-refractivity contribution is 6.42. The van der Waals surface area contributed by atoms with Gasteiger partial charge >= 0.3 is 15.1 Å². The summed E-state index contributed by atoms with van der Waals surface area (Å²) in [6.07, 6.45) is 13.1. The van der Waals surface area contributed by atoms with Crippen molar-refractivity contribution in [2.24, 2.45) is 0 Å². The van der Waals surface area contributed by atoms with Gasteiger partial charge in [0, 0.05) is 49.3 Å². The molecule has 6 nitrogen and oxygen atoms in total. The third-order valence-corrected chi connectivity index (χ3v) is 4.63. The summed E-state index contributed by atoms with van der Waals surface area (Å²) in [5.74, 6) is 1.87. The largest absolute Gasteiger partial charge is 0.399 e. The van der Waals surface area contributed by atoms with Gasteiger partial charge in [0.2, 0.25) is 0 Å². The minimum atomic E-state index is 0.481. The van der Waals surface area contributed by atoms with Gasteiger partial charge in [-0.3, -0.25) is 0 Å². The molecule has 3 aliphatic rings. The fraction of sp³-hybridized carbons (Fsp3) is 0.176. The quantitative estimate of drug-likeness (QED) is 0.795. The molecule has 0 spiro atoms. The number of hydrogen-bond donors (Lipinski definition) is 0. The first-order valence-corrected chi connectivity index (χ1v) is 8.39. The van der Waals surface area contributed by atoms with Crippen molar-refractivity contribution in [3.05, 3.63) is 73.6 Å². The number of rotatable bonds is 4. The van der Waals surface area contributed by atoms with Crippen molar-refractivity contribution in [2.75, 3.05) is 9.62 Å². The van der Waals surface area contributed by atoms with E-state index in [1.165, 1.54) is 0 Å². The summed E-state index contributed by atoms with van der Waals surface area (Å²) in [5, 5.41) is 0. The van der Waals surface area contributed by atoms with E-state index in [0.29, 0.717) is 12.1 Å². The summed E-state index contributed by atoms with van der Waals surface area (Å²) < 4.78 is 0. The Balaban J connectivity index is 1.19. The SMILES string of the molecule is [B]1N(c2ccccn2)C=CN1C1CC1N1[B]N(c2ccccn2)C=C1. The molecule has 5 rings (SSSR count). The van der Waals surface area contributed by atoms with Crippen LogP contribution in [0, 0.1) is 0 Å². The van der Waals surface area contributed by atoms with Gasteiger partial charge in [0.05, 0.1) is 0 Å². The number of nitrogens with zero attached hydrogens (tertiary/aromatic N) is 6. The molecule has 1 saturated carbocycles. The standard InChI is InChI=1S/C17H16B2N6/c1-3-7-20-16(5-1)24-11-9-22(18-24)14-13-15(14)23-10-12-25(19-23)17-6-2-4-8-21-17/h1-12,14-15H,13H2. The van der Waals surface area contributed by atoms with Gasteiger partial charge in [-0.2, -0.15) is 0 Å².